The molecule has 3 atom stereocenters. The van der Waals surface area contributed by atoms with Gasteiger partial charge < -0.3 is 43.4 Å². The highest BCUT2D eigenvalue weighted by atomic mass is 32.2. The number of nitrogens with two attached hydrogens (primary N) is 3. The van der Waals surface area contributed by atoms with E-state index in [4.69, 9.17) is 22.3 Å². The molecule has 3 unspecified atom stereocenters. The number of hydrogen-bond donors (Lipinski definition) is 8. The van der Waals surface area contributed by atoms with Crippen LogP contribution < -0.4 is 33.2 Å². The molecule has 0 fully saturated rings. The van der Waals surface area contributed by atoms with Crippen molar-refractivity contribution in [1.29, 1.82) is 0 Å². The van der Waals surface area contributed by atoms with Gasteiger partial charge in [-0.3, -0.25) is 24.2 Å². The fourth-order valence-corrected chi connectivity index (χ4v) is 2.92. The number of aliphatic carboxylic acids is 2. The molecule has 0 aromatic rings. The quantitative estimate of drug-likeness (QED) is 0.0622. The van der Waals surface area contributed by atoms with Gasteiger partial charge in [-0.1, -0.05) is 0 Å². The number of rotatable bonds is 16. The molecule has 0 saturated carbocycles. The van der Waals surface area contributed by atoms with Crippen molar-refractivity contribution >= 4 is 47.4 Å². The fourth-order valence-electron chi connectivity index (χ4n) is 2.45. The summed E-state index contributed by atoms with van der Waals surface area (Å²) in [6.45, 7) is -0.225. The minimum atomic E-state index is -1.56. The van der Waals surface area contributed by atoms with Crippen LogP contribution >= 0.6 is 11.8 Å². The van der Waals surface area contributed by atoms with Crippen molar-refractivity contribution in [1.82, 2.24) is 16.0 Å². The molecule has 14 nitrogen and oxygen atoms in total. The van der Waals surface area contributed by atoms with Crippen molar-refractivity contribution in [3.8, 4) is 0 Å². The molecule has 0 heterocycles. The Hall–Kier alpha value is -3.07. The maximum Gasteiger partial charge on any atom is 0.326 e. The number of nitrogens with one attached hydrogen (secondary N) is 3. The average Bonchev–Trinajstić information content (AvgIpc) is 2.71. The van der Waals surface area contributed by atoms with Crippen molar-refractivity contribution in [2.45, 2.75) is 43.8 Å². The van der Waals surface area contributed by atoms with E-state index in [2.05, 4.69) is 20.9 Å². The first-order valence-electron chi connectivity index (χ1n) is 9.60. The number of hydrogen-bond acceptors (Lipinski definition) is 8. The Kier molecular flexibility index (Phi) is 14.2. The molecule has 0 saturated heterocycles. The van der Waals surface area contributed by atoms with E-state index in [-0.39, 0.29) is 38.3 Å². The minimum Gasteiger partial charge on any atom is -0.481 e. The van der Waals surface area contributed by atoms with Crippen LogP contribution in [-0.2, 0) is 24.0 Å². The SMILES string of the molecule is CSCCC(NC(=O)CN)C(=O)NC(CC(=O)O)C(=O)NC(CCCN=C(N)N)C(=O)O. The second-order valence-corrected chi connectivity index (χ2v) is 7.60. The Morgan fingerprint density at radius 1 is 0.938 bits per heavy atom. The Bertz CT molecular complexity index is 701. The molecular weight excluding hydrogens is 446 g/mol. The summed E-state index contributed by atoms with van der Waals surface area (Å²) in [4.78, 5) is 63.1. The van der Waals surface area contributed by atoms with Crippen LogP contribution in [-0.4, -0.2) is 89.1 Å². The summed E-state index contributed by atoms with van der Waals surface area (Å²) in [6.07, 6.45) is 1.40. The number of carboxylic acid groups (broad SMARTS) is 2. The summed E-state index contributed by atoms with van der Waals surface area (Å²) < 4.78 is 0. The average molecular weight is 478 g/mol. The van der Waals surface area contributed by atoms with Gasteiger partial charge in [0.15, 0.2) is 5.96 Å². The molecule has 3 amide bonds. The van der Waals surface area contributed by atoms with Gasteiger partial charge in [0.05, 0.1) is 13.0 Å². The molecule has 0 aromatic heterocycles. The van der Waals surface area contributed by atoms with Gasteiger partial charge in [-0.15, -0.1) is 0 Å². The first kappa shape index (κ1) is 28.9. The molecule has 182 valence electrons. The summed E-state index contributed by atoms with van der Waals surface area (Å²) >= 11 is 1.41. The highest BCUT2D eigenvalue weighted by Crippen LogP contribution is 2.05. The fraction of sp³-hybridized carbons (Fsp3) is 0.647. The van der Waals surface area contributed by atoms with E-state index in [1.54, 1.807) is 6.26 Å². The third-order valence-electron chi connectivity index (χ3n) is 4.02. The van der Waals surface area contributed by atoms with Gasteiger partial charge in [-0.2, -0.15) is 11.8 Å². The molecule has 0 aliphatic rings. The third-order valence-corrected chi connectivity index (χ3v) is 4.66. The Morgan fingerprint density at radius 2 is 1.53 bits per heavy atom. The Morgan fingerprint density at radius 3 is 2.03 bits per heavy atom. The molecule has 0 radical (unpaired) electrons. The van der Waals surface area contributed by atoms with Crippen LogP contribution in [0, 0.1) is 0 Å². The van der Waals surface area contributed by atoms with E-state index in [0.717, 1.165) is 0 Å². The summed E-state index contributed by atoms with van der Waals surface area (Å²) in [6, 6.07) is -3.96. The van der Waals surface area contributed by atoms with Crippen LogP contribution in [0.1, 0.15) is 25.7 Å². The van der Waals surface area contributed by atoms with Crippen molar-refractivity contribution in [2.75, 3.05) is 25.1 Å². The van der Waals surface area contributed by atoms with Gasteiger partial charge in [0, 0.05) is 6.54 Å². The maximum absolute atomic E-state index is 12.6. The Balaban J connectivity index is 5.28. The molecule has 0 aromatic carbocycles. The van der Waals surface area contributed by atoms with Crippen molar-refractivity contribution in [2.24, 2.45) is 22.2 Å². The summed E-state index contributed by atoms with van der Waals surface area (Å²) in [5.74, 6) is -4.80. The number of carbonyl (C=O) groups is 5. The second kappa shape index (κ2) is 15.7. The van der Waals surface area contributed by atoms with Crippen LogP contribution in [0.5, 0.6) is 0 Å². The first-order valence-corrected chi connectivity index (χ1v) is 11.0. The number of amides is 3. The van der Waals surface area contributed by atoms with Crippen molar-refractivity contribution < 1.29 is 34.2 Å². The normalized spacial score (nSPS) is 13.2. The topological polar surface area (TPSA) is 252 Å². The summed E-state index contributed by atoms with van der Waals surface area (Å²) in [5, 5.41) is 25.3. The minimum absolute atomic E-state index is 0.0332. The number of nitrogens with zero attached hydrogens (tertiary/aromatic N) is 1. The van der Waals surface area contributed by atoms with Crippen LogP contribution in [0.15, 0.2) is 4.99 Å². The van der Waals surface area contributed by atoms with Crippen LogP contribution in [0.25, 0.3) is 0 Å². The zero-order valence-electron chi connectivity index (χ0n) is 17.7. The molecule has 0 aliphatic carbocycles. The lowest BCUT2D eigenvalue weighted by molar-refractivity contribution is -0.143. The second-order valence-electron chi connectivity index (χ2n) is 6.61. The van der Waals surface area contributed by atoms with Crippen molar-refractivity contribution in [3.05, 3.63) is 0 Å². The standard InChI is InChI=1S/C17H31N7O7S/c1-32-6-4-9(22-12(25)8-18)14(28)24-11(7-13(26)27)15(29)23-10(16(30)31)3-2-5-21-17(19)20/h9-11H,2-8,18H2,1H3,(H,22,25)(H,23,29)(H,24,28)(H,26,27)(H,30,31)(H4,19,20,21). The lowest BCUT2D eigenvalue weighted by Gasteiger charge is -2.23. The highest BCUT2D eigenvalue weighted by Gasteiger charge is 2.30. The number of aliphatic imine (C=N–C) groups is 1. The zero-order valence-corrected chi connectivity index (χ0v) is 18.5. The molecule has 0 spiro atoms. The van der Waals surface area contributed by atoms with Gasteiger partial charge in [0.25, 0.3) is 0 Å². The van der Waals surface area contributed by atoms with E-state index in [0.29, 0.717) is 5.75 Å². The molecule has 11 N–H and O–H groups in total. The predicted octanol–water partition coefficient (Wildman–Crippen LogP) is -3.23. The highest BCUT2D eigenvalue weighted by molar-refractivity contribution is 7.98. The lowest BCUT2D eigenvalue weighted by atomic mass is 10.1. The van der Waals surface area contributed by atoms with Crippen LogP contribution in [0.4, 0.5) is 0 Å². The number of guanidine groups is 1. The largest absolute Gasteiger partial charge is 0.481 e. The number of carboxylic acids is 2. The third kappa shape index (κ3) is 12.6. The van der Waals surface area contributed by atoms with Crippen LogP contribution in [0.3, 0.4) is 0 Å². The number of carbonyl (C=O) groups excluding carboxylic acids is 3. The molecule has 32 heavy (non-hydrogen) atoms. The van der Waals surface area contributed by atoms with E-state index in [1.165, 1.54) is 11.8 Å². The first-order chi connectivity index (χ1) is 15.0. The molecule has 0 rings (SSSR count). The molecular formula is C17H31N7O7S. The number of thioether (sulfide) groups is 1. The van der Waals surface area contributed by atoms with E-state index in [9.17, 15) is 29.1 Å². The molecule has 15 heteroatoms. The van der Waals surface area contributed by atoms with Crippen LogP contribution in [0.2, 0.25) is 0 Å². The van der Waals surface area contributed by atoms with Gasteiger partial charge in [0.2, 0.25) is 17.7 Å². The van der Waals surface area contributed by atoms with E-state index in [1.807, 2.05) is 0 Å². The Labute approximate surface area is 189 Å². The predicted molar refractivity (Wildman–Crippen MR) is 118 cm³/mol. The van der Waals surface area contributed by atoms with Gasteiger partial charge in [-0.05, 0) is 31.3 Å². The van der Waals surface area contributed by atoms with Gasteiger partial charge in [-0.25, -0.2) is 4.79 Å². The summed E-state index contributed by atoms with van der Waals surface area (Å²) in [7, 11) is 0. The monoisotopic (exact) mass is 477 g/mol. The zero-order chi connectivity index (χ0) is 24.7. The maximum atomic E-state index is 12.6. The van der Waals surface area contributed by atoms with E-state index >= 15 is 0 Å². The van der Waals surface area contributed by atoms with Gasteiger partial charge >= 0.3 is 11.9 Å². The lowest BCUT2D eigenvalue weighted by Crippen LogP contribution is -2.56. The van der Waals surface area contributed by atoms with Gasteiger partial charge in [0.1, 0.15) is 18.1 Å². The summed E-state index contributed by atoms with van der Waals surface area (Å²) in [5.41, 5.74) is 15.6. The van der Waals surface area contributed by atoms with E-state index < -0.39 is 54.2 Å². The molecule has 0 bridgehead atoms. The van der Waals surface area contributed by atoms with Crippen molar-refractivity contribution in [3.63, 3.8) is 0 Å². The smallest absolute Gasteiger partial charge is 0.326 e. The molecule has 0 aliphatic heterocycles.